The zero-order valence-electron chi connectivity index (χ0n) is 11.3. The molecule has 1 amide bonds. The molecule has 2 heterocycles. The molecule has 0 bridgehead atoms. The van der Waals surface area contributed by atoms with Gasteiger partial charge in [0, 0.05) is 25.7 Å². The molecule has 1 atom stereocenters. The minimum atomic E-state index is -0.742. The van der Waals surface area contributed by atoms with Gasteiger partial charge in [-0.25, -0.2) is 0 Å². The van der Waals surface area contributed by atoms with E-state index >= 15 is 0 Å². The number of carbonyl (C=O) groups excluding carboxylic acids is 1. The highest BCUT2D eigenvalue weighted by molar-refractivity contribution is 5.79. The standard InChI is InChI=1S/C13H23N3O3/c14-11-2-1-5-15(8-11)9-12(17)16-6-3-10(4-7-16)13(18)19/h10-11H,1-9,14H2,(H,18,19). The fraction of sp³-hybridized carbons (Fsp3) is 0.846. The number of hydrogen-bond acceptors (Lipinski definition) is 4. The second-order valence-electron chi connectivity index (χ2n) is 5.63. The summed E-state index contributed by atoms with van der Waals surface area (Å²) >= 11 is 0. The lowest BCUT2D eigenvalue weighted by atomic mass is 9.97. The number of amides is 1. The maximum Gasteiger partial charge on any atom is 0.306 e. The van der Waals surface area contributed by atoms with Gasteiger partial charge in [0.15, 0.2) is 0 Å². The number of carboxylic acids is 1. The van der Waals surface area contributed by atoms with Crippen molar-refractivity contribution in [2.75, 3.05) is 32.7 Å². The van der Waals surface area contributed by atoms with Crippen LogP contribution in [0.15, 0.2) is 0 Å². The van der Waals surface area contributed by atoms with E-state index < -0.39 is 5.97 Å². The summed E-state index contributed by atoms with van der Waals surface area (Å²) in [5.74, 6) is -0.917. The van der Waals surface area contributed by atoms with Crippen LogP contribution in [-0.4, -0.2) is 65.5 Å². The van der Waals surface area contributed by atoms with Gasteiger partial charge >= 0.3 is 5.97 Å². The van der Waals surface area contributed by atoms with Gasteiger partial charge in [0.05, 0.1) is 12.5 Å². The Morgan fingerprint density at radius 1 is 1.16 bits per heavy atom. The molecule has 6 heteroatoms. The van der Waals surface area contributed by atoms with Crippen LogP contribution in [0.2, 0.25) is 0 Å². The predicted molar refractivity (Wildman–Crippen MR) is 70.6 cm³/mol. The Labute approximate surface area is 113 Å². The Balaban J connectivity index is 1.76. The van der Waals surface area contributed by atoms with Crippen molar-refractivity contribution in [2.24, 2.45) is 11.7 Å². The number of nitrogens with zero attached hydrogens (tertiary/aromatic N) is 2. The van der Waals surface area contributed by atoms with Crippen LogP contribution in [0.25, 0.3) is 0 Å². The first-order valence-corrected chi connectivity index (χ1v) is 7.05. The van der Waals surface area contributed by atoms with Crippen LogP contribution >= 0.6 is 0 Å². The summed E-state index contributed by atoms with van der Waals surface area (Å²) in [4.78, 5) is 26.9. The van der Waals surface area contributed by atoms with E-state index in [1.54, 1.807) is 4.90 Å². The lowest BCUT2D eigenvalue weighted by Crippen LogP contribution is -2.49. The van der Waals surface area contributed by atoms with Gasteiger partial charge in [-0.15, -0.1) is 0 Å². The van der Waals surface area contributed by atoms with E-state index in [1.165, 1.54) is 0 Å². The number of likely N-dealkylation sites (tertiary alicyclic amines) is 2. The monoisotopic (exact) mass is 269 g/mol. The zero-order valence-corrected chi connectivity index (χ0v) is 11.3. The van der Waals surface area contributed by atoms with Crippen molar-refractivity contribution < 1.29 is 14.7 Å². The number of piperidine rings is 2. The van der Waals surface area contributed by atoms with E-state index in [9.17, 15) is 9.59 Å². The normalized spacial score (nSPS) is 26.4. The quantitative estimate of drug-likeness (QED) is 0.736. The number of carboxylic acid groups (broad SMARTS) is 1. The Morgan fingerprint density at radius 2 is 1.84 bits per heavy atom. The Kier molecular flexibility index (Phi) is 4.76. The third-order valence-corrected chi connectivity index (χ3v) is 4.10. The number of nitrogens with two attached hydrogens (primary N) is 1. The largest absolute Gasteiger partial charge is 0.481 e. The molecule has 0 aliphatic carbocycles. The highest BCUT2D eigenvalue weighted by Crippen LogP contribution is 2.18. The van der Waals surface area contributed by atoms with E-state index in [1.807, 2.05) is 0 Å². The molecule has 3 N–H and O–H groups in total. The van der Waals surface area contributed by atoms with E-state index in [0.29, 0.717) is 32.5 Å². The summed E-state index contributed by atoms with van der Waals surface area (Å²) < 4.78 is 0. The maximum atomic E-state index is 12.1. The molecule has 2 aliphatic rings. The van der Waals surface area contributed by atoms with Crippen LogP contribution in [0.3, 0.4) is 0 Å². The molecule has 0 aromatic carbocycles. The molecular weight excluding hydrogens is 246 g/mol. The molecule has 0 saturated carbocycles. The van der Waals surface area contributed by atoms with Crippen molar-refractivity contribution in [2.45, 2.75) is 31.7 Å². The molecular formula is C13H23N3O3. The van der Waals surface area contributed by atoms with Crippen LogP contribution < -0.4 is 5.73 Å². The van der Waals surface area contributed by atoms with Gasteiger partial charge in [-0.2, -0.15) is 0 Å². The van der Waals surface area contributed by atoms with Crippen molar-refractivity contribution in [1.82, 2.24) is 9.80 Å². The highest BCUT2D eigenvalue weighted by atomic mass is 16.4. The predicted octanol–water partition coefficient (Wildman–Crippen LogP) is -0.267. The van der Waals surface area contributed by atoms with Crippen LogP contribution in [0.5, 0.6) is 0 Å². The summed E-state index contributed by atoms with van der Waals surface area (Å²) in [5.41, 5.74) is 5.90. The first kappa shape index (κ1) is 14.3. The molecule has 6 nitrogen and oxygen atoms in total. The van der Waals surface area contributed by atoms with Gasteiger partial charge in [-0.05, 0) is 32.2 Å². The Hall–Kier alpha value is -1.14. The first-order chi connectivity index (χ1) is 9.06. The SMILES string of the molecule is NC1CCCN(CC(=O)N2CCC(C(=O)O)CC2)C1. The summed E-state index contributed by atoms with van der Waals surface area (Å²) in [5, 5.41) is 8.93. The molecule has 2 aliphatic heterocycles. The topological polar surface area (TPSA) is 86.9 Å². The summed E-state index contributed by atoms with van der Waals surface area (Å²) in [6.45, 7) is 3.28. The maximum absolute atomic E-state index is 12.1. The van der Waals surface area contributed by atoms with Gasteiger partial charge in [-0.3, -0.25) is 14.5 Å². The molecule has 0 spiro atoms. The smallest absolute Gasteiger partial charge is 0.306 e. The van der Waals surface area contributed by atoms with Crippen molar-refractivity contribution in [1.29, 1.82) is 0 Å². The third kappa shape index (κ3) is 3.91. The summed E-state index contributed by atoms with van der Waals surface area (Å²) in [6.07, 6.45) is 3.23. The Bertz CT molecular complexity index is 340. The lowest BCUT2D eigenvalue weighted by molar-refractivity contribution is -0.146. The number of carbonyl (C=O) groups is 2. The number of hydrogen-bond donors (Lipinski definition) is 2. The molecule has 1 unspecified atom stereocenters. The Morgan fingerprint density at radius 3 is 2.42 bits per heavy atom. The molecule has 0 radical (unpaired) electrons. The van der Waals surface area contributed by atoms with Crippen LogP contribution in [0, 0.1) is 5.92 Å². The van der Waals surface area contributed by atoms with Crippen LogP contribution in [0.1, 0.15) is 25.7 Å². The fourth-order valence-electron chi connectivity index (χ4n) is 2.90. The second-order valence-corrected chi connectivity index (χ2v) is 5.63. The van der Waals surface area contributed by atoms with Gasteiger partial charge in [-0.1, -0.05) is 0 Å². The third-order valence-electron chi connectivity index (χ3n) is 4.10. The first-order valence-electron chi connectivity index (χ1n) is 7.05. The van der Waals surface area contributed by atoms with E-state index in [2.05, 4.69) is 4.90 Å². The van der Waals surface area contributed by atoms with Gasteiger partial charge in [0.2, 0.25) is 5.91 Å². The minimum Gasteiger partial charge on any atom is -0.481 e. The molecule has 19 heavy (non-hydrogen) atoms. The molecule has 2 rings (SSSR count). The summed E-state index contributed by atoms with van der Waals surface area (Å²) in [6, 6.07) is 0.180. The van der Waals surface area contributed by atoms with Crippen molar-refractivity contribution in [3.8, 4) is 0 Å². The van der Waals surface area contributed by atoms with Crippen LogP contribution in [-0.2, 0) is 9.59 Å². The highest BCUT2D eigenvalue weighted by Gasteiger charge is 2.28. The van der Waals surface area contributed by atoms with Crippen LogP contribution in [0.4, 0.5) is 0 Å². The molecule has 108 valence electrons. The number of rotatable bonds is 3. The fourth-order valence-corrected chi connectivity index (χ4v) is 2.90. The molecule has 2 saturated heterocycles. The van der Waals surface area contributed by atoms with Gasteiger partial charge < -0.3 is 15.7 Å². The summed E-state index contributed by atoms with van der Waals surface area (Å²) in [7, 11) is 0. The van der Waals surface area contributed by atoms with Gasteiger partial charge in [0.1, 0.15) is 0 Å². The lowest BCUT2D eigenvalue weighted by Gasteiger charge is -2.34. The average Bonchev–Trinajstić information content (AvgIpc) is 2.39. The average molecular weight is 269 g/mol. The number of aliphatic carboxylic acids is 1. The molecule has 0 aromatic heterocycles. The van der Waals surface area contributed by atoms with Crippen molar-refractivity contribution in [3.05, 3.63) is 0 Å². The second kappa shape index (κ2) is 6.34. The van der Waals surface area contributed by atoms with Gasteiger partial charge in [0.25, 0.3) is 0 Å². The molecule has 0 aromatic rings. The zero-order chi connectivity index (χ0) is 13.8. The van der Waals surface area contributed by atoms with Crippen molar-refractivity contribution >= 4 is 11.9 Å². The van der Waals surface area contributed by atoms with E-state index in [0.717, 1.165) is 25.9 Å². The van der Waals surface area contributed by atoms with Crippen molar-refractivity contribution in [3.63, 3.8) is 0 Å². The van der Waals surface area contributed by atoms with E-state index in [-0.39, 0.29) is 17.9 Å². The minimum absolute atomic E-state index is 0.109. The molecule has 2 fully saturated rings. The van der Waals surface area contributed by atoms with E-state index in [4.69, 9.17) is 10.8 Å².